The number of nitrogens with zero attached hydrogens (tertiary/aromatic N) is 1. The van der Waals surface area contributed by atoms with Crippen molar-refractivity contribution in [3.63, 3.8) is 0 Å². The second-order valence-electron chi connectivity index (χ2n) is 4.02. The van der Waals surface area contributed by atoms with E-state index < -0.39 is 5.97 Å². The van der Waals surface area contributed by atoms with Crippen molar-refractivity contribution in [3.8, 4) is 0 Å². The van der Waals surface area contributed by atoms with E-state index in [0.717, 1.165) is 12.8 Å². The van der Waals surface area contributed by atoms with Crippen molar-refractivity contribution < 1.29 is 9.90 Å². The average Bonchev–Trinajstić information content (AvgIpc) is 2.26. The highest BCUT2D eigenvalue weighted by atomic mass is 16.4. The molecule has 1 aromatic rings. The van der Waals surface area contributed by atoms with Crippen molar-refractivity contribution in [2.75, 3.05) is 13.6 Å². The lowest BCUT2D eigenvalue weighted by atomic mass is 10.0. The topological polar surface area (TPSA) is 40.5 Å². The molecule has 1 aromatic carbocycles. The van der Waals surface area contributed by atoms with E-state index in [1.165, 1.54) is 5.56 Å². The van der Waals surface area contributed by atoms with Gasteiger partial charge in [0.15, 0.2) is 0 Å². The van der Waals surface area contributed by atoms with E-state index in [4.69, 9.17) is 5.11 Å². The number of carboxylic acid groups (broad SMARTS) is 1. The van der Waals surface area contributed by atoms with Crippen molar-refractivity contribution in [1.29, 1.82) is 0 Å². The Morgan fingerprint density at radius 1 is 1.38 bits per heavy atom. The summed E-state index contributed by atoms with van der Waals surface area (Å²) in [6.45, 7) is 2.20. The first-order chi connectivity index (χ1) is 7.65. The van der Waals surface area contributed by atoms with Gasteiger partial charge in [0.25, 0.3) is 0 Å². The Morgan fingerprint density at radius 2 is 2.00 bits per heavy atom. The predicted octanol–water partition coefficient (Wildman–Crippen LogP) is 2.54. The van der Waals surface area contributed by atoms with E-state index in [0.29, 0.717) is 0 Å². The Balaban J connectivity index is 2.78. The number of aliphatic carboxylic acids is 1. The molecule has 88 valence electrons. The third-order valence-electron chi connectivity index (χ3n) is 2.66. The summed E-state index contributed by atoms with van der Waals surface area (Å²) in [4.78, 5) is 12.6. The van der Waals surface area contributed by atoms with Crippen LogP contribution >= 0.6 is 0 Å². The third kappa shape index (κ3) is 3.66. The maximum absolute atomic E-state index is 10.7. The standard InChI is InChI=1S/C13H19NO2/c1-3-7-12(14(2)10-13(15)16)11-8-5-4-6-9-11/h4-6,8-9,12H,3,7,10H2,1-2H3,(H,15,16). The van der Waals surface area contributed by atoms with Gasteiger partial charge in [-0.1, -0.05) is 43.7 Å². The highest BCUT2D eigenvalue weighted by Crippen LogP contribution is 2.23. The molecule has 0 saturated carbocycles. The van der Waals surface area contributed by atoms with Gasteiger partial charge in [-0.3, -0.25) is 9.69 Å². The van der Waals surface area contributed by atoms with Gasteiger partial charge < -0.3 is 5.11 Å². The van der Waals surface area contributed by atoms with E-state index in [2.05, 4.69) is 19.1 Å². The van der Waals surface area contributed by atoms with Crippen LogP contribution in [0.15, 0.2) is 30.3 Å². The van der Waals surface area contributed by atoms with E-state index in [9.17, 15) is 4.79 Å². The number of rotatable bonds is 6. The van der Waals surface area contributed by atoms with Gasteiger partial charge in [-0.05, 0) is 19.0 Å². The molecule has 1 rings (SSSR count). The fraction of sp³-hybridized carbons (Fsp3) is 0.462. The molecule has 1 atom stereocenters. The first kappa shape index (κ1) is 12.7. The summed E-state index contributed by atoms with van der Waals surface area (Å²) >= 11 is 0. The normalized spacial score (nSPS) is 12.7. The summed E-state index contributed by atoms with van der Waals surface area (Å²) in [7, 11) is 1.86. The van der Waals surface area contributed by atoms with Crippen molar-refractivity contribution in [3.05, 3.63) is 35.9 Å². The Bertz CT molecular complexity index is 324. The molecule has 0 radical (unpaired) electrons. The SMILES string of the molecule is CCCC(c1ccccc1)N(C)CC(=O)O. The van der Waals surface area contributed by atoms with E-state index in [-0.39, 0.29) is 12.6 Å². The number of carbonyl (C=O) groups is 1. The van der Waals surface area contributed by atoms with Gasteiger partial charge in [0.2, 0.25) is 0 Å². The molecule has 0 saturated heterocycles. The number of carboxylic acids is 1. The quantitative estimate of drug-likeness (QED) is 0.802. The Hall–Kier alpha value is -1.35. The first-order valence-electron chi connectivity index (χ1n) is 5.62. The molecule has 0 aliphatic rings. The summed E-state index contributed by atoms with van der Waals surface area (Å²) in [6.07, 6.45) is 2.03. The minimum absolute atomic E-state index is 0.0829. The molecule has 0 aliphatic carbocycles. The lowest BCUT2D eigenvalue weighted by molar-refractivity contribution is -0.138. The summed E-state index contributed by atoms with van der Waals surface area (Å²) in [5.41, 5.74) is 1.19. The van der Waals surface area contributed by atoms with Crippen LogP contribution in [-0.4, -0.2) is 29.6 Å². The molecule has 0 spiro atoms. The van der Waals surface area contributed by atoms with Crippen LogP contribution < -0.4 is 0 Å². The van der Waals surface area contributed by atoms with Crippen LogP contribution in [0.3, 0.4) is 0 Å². The highest BCUT2D eigenvalue weighted by molar-refractivity contribution is 5.69. The average molecular weight is 221 g/mol. The van der Waals surface area contributed by atoms with Crippen LogP contribution in [0.25, 0.3) is 0 Å². The third-order valence-corrected chi connectivity index (χ3v) is 2.66. The largest absolute Gasteiger partial charge is 0.480 e. The van der Waals surface area contributed by atoms with Gasteiger partial charge in [0.1, 0.15) is 0 Å². The Kier molecular flexibility index (Phi) is 4.99. The molecule has 3 heteroatoms. The lowest BCUT2D eigenvalue weighted by Gasteiger charge is -2.26. The molecule has 1 N–H and O–H groups in total. The smallest absolute Gasteiger partial charge is 0.317 e. The van der Waals surface area contributed by atoms with Gasteiger partial charge in [0.05, 0.1) is 6.54 Å². The molecule has 0 aromatic heterocycles. The van der Waals surface area contributed by atoms with Crippen molar-refractivity contribution in [2.24, 2.45) is 0 Å². The van der Waals surface area contributed by atoms with Gasteiger partial charge in [-0.15, -0.1) is 0 Å². The number of hydrogen-bond donors (Lipinski definition) is 1. The van der Waals surface area contributed by atoms with E-state index in [1.807, 2.05) is 30.1 Å². The molecule has 1 unspecified atom stereocenters. The van der Waals surface area contributed by atoms with E-state index in [1.54, 1.807) is 0 Å². The maximum Gasteiger partial charge on any atom is 0.317 e. The number of benzene rings is 1. The van der Waals surface area contributed by atoms with Gasteiger partial charge in [0, 0.05) is 6.04 Å². The van der Waals surface area contributed by atoms with Gasteiger partial charge >= 0.3 is 5.97 Å². The monoisotopic (exact) mass is 221 g/mol. The van der Waals surface area contributed by atoms with Crippen LogP contribution in [0.1, 0.15) is 31.4 Å². The van der Waals surface area contributed by atoms with Crippen LogP contribution in [0.2, 0.25) is 0 Å². The minimum atomic E-state index is -0.778. The summed E-state index contributed by atoms with van der Waals surface area (Å²) in [5, 5.41) is 8.81. The summed E-state index contributed by atoms with van der Waals surface area (Å²) in [5.74, 6) is -0.778. The molecule has 3 nitrogen and oxygen atoms in total. The highest BCUT2D eigenvalue weighted by Gasteiger charge is 2.17. The molecule has 0 amide bonds. The van der Waals surface area contributed by atoms with E-state index >= 15 is 0 Å². The fourth-order valence-corrected chi connectivity index (χ4v) is 1.91. The number of hydrogen-bond acceptors (Lipinski definition) is 2. The Labute approximate surface area is 96.7 Å². The van der Waals surface area contributed by atoms with Crippen LogP contribution in [0.5, 0.6) is 0 Å². The maximum atomic E-state index is 10.7. The molecular formula is C13H19NO2. The first-order valence-corrected chi connectivity index (χ1v) is 5.62. The summed E-state index contributed by atoms with van der Waals surface area (Å²) < 4.78 is 0. The second-order valence-corrected chi connectivity index (χ2v) is 4.02. The molecule has 0 aliphatic heterocycles. The second kappa shape index (κ2) is 6.28. The molecule has 0 bridgehead atoms. The zero-order chi connectivity index (χ0) is 12.0. The summed E-state index contributed by atoms with van der Waals surface area (Å²) in [6, 6.07) is 10.3. The van der Waals surface area contributed by atoms with Crippen molar-refractivity contribution in [1.82, 2.24) is 4.90 Å². The predicted molar refractivity (Wildman–Crippen MR) is 64.4 cm³/mol. The van der Waals surface area contributed by atoms with Crippen LogP contribution in [0.4, 0.5) is 0 Å². The molecule has 16 heavy (non-hydrogen) atoms. The van der Waals surface area contributed by atoms with Crippen LogP contribution in [0, 0.1) is 0 Å². The zero-order valence-corrected chi connectivity index (χ0v) is 9.89. The van der Waals surface area contributed by atoms with Crippen molar-refractivity contribution >= 4 is 5.97 Å². The Morgan fingerprint density at radius 3 is 2.50 bits per heavy atom. The van der Waals surface area contributed by atoms with Crippen molar-refractivity contribution in [2.45, 2.75) is 25.8 Å². The minimum Gasteiger partial charge on any atom is -0.480 e. The van der Waals surface area contributed by atoms with Crippen LogP contribution in [-0.2, 0) is 4.79 Å². The molecule has 0 heterocycles. The fourth-order valence-electron chi connectivity index (χ4n) is 1.91. The molecular weight excluding hydrogens is 202 g/mol. The van der Waals surface area contributed by atoms with Gasteiger partial charge in [-0.2, -0.15) is 0 Å². The number of likely N-dealkylation sites (N-methyl/N-ethyl adjacent to an activating group) is 1. The molecule has 0 fully saturated rings. The van der Waals surface area contributed by atoms with Gasteiger partial charge in [-0.25, -0.2) is 0 Å². The lowest BCUT2D eigenvalue weighted by Crippen LogP contribution is -2.30. The zero-order valence-electron chi connectivity index (χ0n) is 9.89.